The molecular formula is C23H27N3O6. The molecule has 170 valence electrons. The van der Waals surface area contributed by atoms with Gasteiger partial charge in [0.2, 0.25) is 0 Å². The number of hydrogen-bond acceptors (Lipinski definition) is 6. The van der Waals surface area contributed by atoms with Crippen LogP contribution in [0.2, 0.25) is 0 Å². The molecule has 4 N–H and O–H groups in total. The Kier molecular flexibility index (Phi) is 9.37. The third-order valence-corrected chi connectivity index (χ3v) is 4.27. The number of benzene rings is 2. The predicted octanol–water partition coefficient (Wildman–Crippen LogP) is 1.35. The summed E-state index contributed by atoms with van der Waals surface area (Å²) < 4.78 is 4.92. The molecule has 0 spiro atoms. The van der Waals surface area contributed by atoms with E-state index < -0.39 is 37.0 Å². The fourth-order valence-corrected chi connectivity index (χ4v) is 2.62. The molecule has 0 bridgehead atoms. The fourth-order valence-electron chi connectivity index (χ4n) is 2.62. The first-order chi connectivity index (χ1) is 15.3. The fraction of sp³-hybridized carbons (Fsp3) is 0.304. The van der Waals surface area contributed by atoms with Crippen molar-refractivity contribution in [3.63, 3.8) is 0 Å². The maximum absolute atomic E-state index is 12.3. The number of carbonyl (C=O) groups excluding carboxylic acids is 4. The zero-order chi connectivity index (χ0) is 23.5. The number of carbonyl (C=O) groups is 4. The summed E-state index contributed by atoms with van der Waals surface area (Å²) in [4.78, 5) is 48.9. The van der Waals surface area contributed by atoms with Gasteiger partial charge in [0.1, 0.15) is 0 Å². The standard InChI is InChI=1S/C23H27N3O6/c1-15(2)12-24-22(30)17-10-6-7-11-18(17)25-20(28)14-32-23(31)19(13-27)26-21(29)16-8-4-3-5-9-16/h3-11,15,19,27H,12-14H2,1-2H3,(H,24,30)(H,25,28)(H,26,29). The van der Waals surface area contributed by atoms with Gasteiger partial charge in [-0.05, 0) is 30.2 Å². The molecule has 0 aliphatic rings. The van der Waals surface area contributed by atoms with Crippen LogP contribution in [0, 0.1) is 5.92 Å². The molecule has 0 radical (unpaired) electrons. The Morgan fingerprint density at radius 1 is 0.938 bits per heavy atom. The van der Waals surface area contributed by atoms with Crippen molar-refractivity contribution in [1.29, 1.82) is 0 Å². The van der Waals surface area contributed by atoms with Crippen molar-refractivity contribution in [2.24, 2.45) is 5.92 Å². The SMILES string of the molecule is CC(C)CNC(=O)c1ccccc1NC(=O)COC(=O)C(CO)NC(=O)c1ccccc1. The maximum atomic E-state index is 12.3. The summed E-state index contributed by atoms with van der Waals surface area (Å²) in [5, 5.41) is 17.1. The molecule has 0 heterocycles. The van der Waals surface area contributed by atoms with Gasteiger partial charge in [0.15, 0.2) is 12.6 Å². The van der Waals surface area contributed by atoms with E-state index in [0.717, 1.165) is 0 Å². The van der Waals surface area contributed by atoms with E-state index in [9.17, 15) is 24.3 Å². The average molecular weight is 441 g/mol. The molecular weight excluding hydrogens is 414 g/mol. The first kappa shape index (κ1) is 24.5. The number of aliphatic hydroxyl groups excluding tert-OH is 1. The lowest BCUT2D eigenvalue weighted by atomic mass is 10.1. The number of nitrogens with one attached hydrogen (secondary N) is 3. The van der Waals surface area contributed by atoms with Gasteiger partial charge in [-0.2, -0.15) is 0 Å². The Morgan fingerprint density at radius 2 is 1.59 bits per heavy atom. The van der Waals surface area contributed by atoms with Gasteiger partial charge in [-0.25, -0.2) is 4.79 Å². The van der Waals surface area contributed by atoms with Gasteiger partial charge in [-0.3, -0.25) is 14.4 Å². The van der Waals surface area contributed by atoms with Crippen LogP contribution >= 0.6 is 0 Å². The van der Waals surface area contributed by atoms with Crippen LogP contribution < -0.4 is 16.0 Å². The Hall–Kier alpha value is -3.72. The highest BCUT2D eigenvalue weighted by Gasteiger charge is 2.23. The molecule has 1 atom stereocenters. The van der Waals surface area contributed by atoms with E-state index in [-0.39, 0.29) is 23.1 Å². The first-order valence-electron chi connectivity index (χ1n) is 10.1. The Labute approximate surface area is 186 Å². The lowest BCUT2D eigenvalue weighted by Gasteiger charge is -2.16. The Balaban J connectivity index is 1.91. The van der Waals surface area contributed by atoms with Gasteiger partial charge in [0.25, 0.3) is 17.7 Å². The molecule has 2 aromatic rings. The molecule has 1 unspecified atom stereocenters. The summed E-state index contributed by atoms with van der Waals surface area (Å²) >= 11 is 0. The third-order valence-electron chi connectivity index (χ3n) is 4.27. The Morgan fingerprint density at radius 3 is 2.25 bits per heavy atom. The number of ether oxygens (including phenoxy) is 1. The zero-order valence-electron chi connectivity index (χ0n) is 18.0. The third kappa shape index (κ3) is 7.51. The van der Waals surface area contributed by atoms with E-state index in [0.29, 0.717) is 12.1 Å². The minimum absolute atomic E-state index is 0.266. The topological polar surface area (TPSA) is 134 Å². The summed E-state index contributed by atoms with van der Waals surface area (Å²) in [5.41, 5.74) is 0.853. The van der Waals surface area contributed by atoms with E-state index in [1.165, 1.54) is 0 Å². The van der Waals surface area contributed by atoms with Crippen molar-refractivity contribution < 1.29 is 29.0 Å². The average Bonchev–Trinajstić information content (AvgIpc) is 2.80. The van der Waals surface area contributed by atoms with E-state index in [1.807, 2.05) is 13.8 Å². The highest BCUT2D eigenvalue weighted by molar-refractivity contribution is 6.04. The predicted molar refractivity (Wildman–Crippen MR) is 118 cm³/mol. The quantitative estimate of drug-likeness (QED) is 0.411. The number of amides is 3. The van der Waals surface area contributed by atoms with Crippen LogP contribution in [0.1, 0.15) is 34.6 Å². The minimum Gasteiger partial charge on any atom is -0.454 e. The lowest BCUT2D eigenvalue weighted by molar-refractivity contribution is -0.150. The number of para-hydroxylation sites is 1. The molecule has 0 saturated carbocycles. The van der Waals surface area contributed by atoms with E-state index in [4.69, 9.17) is 4.74 Å². The van der Waals surface area contributed by atoms with Gasteiger partial charge < -0.3 is 25.8 Å². The highest BCUT2D eigenvalue weighted by Crippen LogP contribution is 2.15. The van der Waals surface area contributed by atoms with Gasteiger partial charge in [0, 0.05) is 12.1 Å². The van der Waals surface area contributed by atoms with Crippen LogP contribution in [-0.2, 0) is 14.3 Å². The van der Waals surface area contributed by atoms with Gasteiger partial charge in [0.05, 0.1) is 17.9 Å². The molecule has 0 aliphatic carbocycles. The number of esters is 1. The van der Waals surface area contributed by atoms with Crippen molar-refractivity contribution in [1.82, 2.24) is 10.6 Å². The Bertz CT molecular complexity index is 946. The normalized spacial score (nSPS) is 11.4. The molecule has 0 aromatic heterocycles. The van der Waals surface area contributed by atoms with Crippen molar-refractivity contribution in [3.05, 3.63) is 65.7 Å². The van der Waals surface area contributed by atoms with Crippen molar-refractivity contribution in [2.45, 2.75) is 19.9 Å². The van der Waals surface area contributed by atoms with Crippen LogP contribution in [-0.4, -0.2) is 54.6 Å². The van der Waals surface area contributed by atoms with Crippen molar-refractivity contribution in [2.75, 3.05) is 25.1 Å². The summed E-state index contributed by atoms with van der Waals surface area (Å²) in [5.74, 6) is -2.27. The van der Waals surface area contributed by atoms with Crippen molar-refractivity contribution >= 4 is 29.4 Å². The monoisotopic (exact) mass is 441 g/mol. The second-order valence-electron chi connectivity index (χ2n) is 7.38. The van der Waals surface area contributed by atoms with Crippen molar-refractivity contribution in [3.8, 4) is 0 Å². The second-order valence-corrected chi connectivity index (χ2v) is 7.38. The number of hydrogen-bond donors (Lipinski definition) is 4. The van der Waals surface area contributed by atoms with Gasteiger partial charge in [-0.1, -0.05) is 44.2 Å². The summed E-state index contributed by atoms with van der Waals surface area (Å²) in [7, 11) is 0. The van der Waals surface area contributed by atoms with Crippen LogP contribution in [0.3, 0.4) is 0 Å². The van der Waals surface area contributed by atoms with Gasteiger partial charge in [-0.15, -0.1) is 0 Å². The van der Waals surface area contributed by atoms with E-state index >= 15 is 0 Å². The molecule has 9 heteroatoms. The molecule has 9 nitrogen and oxygen atoms in total. The smallest absolute Gasteiger partial charge is 0.331 e. The van der Waals surface area contributed by atoms with Crippen LogP contribution in [0.5, 0.6) is 0 Å². The molecule has 0 aliphatic heterocycles. The molecule has 0 saturated heterocycles. The molecule has 2 aromatic carbocycles. The zero-order valence-corrected chi connectivity index (χ0v) is 18.0. The molecule has 0 fully saturated rings. The largest absolute Gasteiger partial charge is 0.454 e. The number of anilines is 1. The van der Waals surface area contributed by atoms with Crippen LogP contribution in [0.15, 0.2) is 54.6 Å². The van der Waals surface area contributed by atoms with Crippen LogP contribution in [0.25, 0.3) is 0 Å². The number of rotatable bonds is 10. The minimum atomic E-state index is -1.33. The van der Waals surface area contributed by atoms with Crippen LogP contribution in [0.4, 0.5) is 5.69 Å². The van der Waals surface area contributed by atoms with E-state index in [2.05, 4.69) is 16.0 Å². The highest BCUT2D eigenvalue weighted by atomic mass is 16.5. The van der Waals surface area contributed by atoms with Gasteiger partial charge >= 0.3 is 5.97 Å². The first-order valence-corrected chi connectivity index (χ1v) is 10.1. The summed E-state index contributed by atoms with van der Waals surface area (Å²) in [6, 6.07) is 13.3. The summed E-state index contributed by atoms with van der Waals surface area (Å²) in [6.45, 7) is 3.06. The summed E-state index contributed by atoms with van der Waals surface area (Å²) in [6.07, 6.45) is 0. The maximum Gasteiger partial charge on any atom is 0.331 e. The second kappa shape index (κ2) is 12.2. The van der Waals surface area contributed by atoms with E-state index in [1.54, 1.807) is 54.6 Å². The molecule has 32 heavy (non-hydrogen) atoms. The lowest BCUT2D eigenvalue weighted by Crippen LogP contribution is -2.45. The molecule has 2 rings (SSSR count). The molecule has 3 amide bonds. The number of aliphatic hydroxyl groups is 1.